The second-order valence-corrected chi connectivity index (χ2v) is 8.17. The quantitative estimate of drug-likeness (QED) is 0.634. The third kappa shape index (κ3) is 3.52. The number of hydrogen-bond donors (Lipinski definition) is 1. The summed E-state index contributed by atoms with van der Waals surface area (Å²) in [5, 5.41) is 9.38. The number of carboxylic acid groups (broad SMARTS) is 1. The summed E-state index contributed by atoms with van der Waals surface area (Å²) in [5.41, 5.74) is 0.659. The van der Waals surface area contributed by atoms with Gasteiger partial charge in [0.15, 0.2) is 5.78 Å². The molecule has 0 radical (unpaired) electrons. The number of fused-ring (bicyclic) bond motifs is 1. The molecule has 3 aromatic rings. The zero-order valence-corrected chi connectivity index (χ0v) is 16.6. The highest BCUT2D eigenvalue weighted by atomic mass is 32.2. The van der Waals surface area contributed by atoms with Crippen molar-refractivity contribution in [3.8, 4) is 0 Å². The fourth-order valence-electron chi connectivity index (χ4n) is 3.14. The number of amides is 1. The lowest BCUT2D eigenvalue weighted by Gasteiger charge is -2.21. The van der Waals surface area contributed by atoms with Crippen molar-refractivity contribution >= 4 is 44.3 Å². The van der Waals surface area contributed by atoms with E-state index < -0.39 is 21.9 Å². The lowest BCUT2D eigenvalue weighted by Crippen LogP contribution is -2.35. The van der Waals surface area contributed by atoms with Crippen LogP contribution in [-0.4, -0.2) is 31.2 Å². The third-order valence-electron chi connectivity index (χ3n) is 4.36. The number of carboxylic acids is 1. The van der Waals surface area contributed by atoms with Gasteiger partial charge in [-0.25, -0.2) is 17.5 Å². The Bertz CT molecular complexity index is 1250. The molecule has 9 heteroatoms. The molecule has 1 N–H and O–H groups in total. The van der Waals surface area contributed by atoms with Crippen molar-refractivity contribution in [2.75, 3.05) is 4.31 Å². The summed E-state index contributed by atoms with van der Waals surface area (Å²) in [4.78, 5) is 35.0. The fourth-order valence-corrected chi connectivity index (χ4v) is 4.56. The molecule has 1 heterocycles. The smallest absolute Gasteiger partial charge is 0.335 e. The molecule has 29 heavy (non-hydrogen) atoms. The molecule has 1 aromatic heterocycles. The summed E-state index contributed by atoms with van der Waals surface area (Å²) in [6, 6.07) is 8.83. The van der Waals surface area contributed by atoms with E-state index in [1.165, 1.54) is 25.1 Å². The zero-order chi connectivity index (χ0) is 21.5. The minimum Gasteiger partial charge on any atom is -0.478 e. The number of hydrogen-bond acceptors (Lipinski definition) is 6. The molecule has 0 aliphatic carbocycles. The van der Waals surface area contributed by atoms with Crippen LogP contribution >= 0.6 is 0 Å². The van der Waals surface area contributed by atoms with Gasteiger partial charge in [0.2, 0.25) is 5.91 Å². The Kier molecular flexibility index (Phi) is 5.02. The van der Waals surface area contributed by atoms with Crippen molar-refractivity contribution in [2.45, 2.75) is 25.7 Å². The van der Waals surface area contributed by atoms with Gasteiger partial charge in [0.1, 0.15) is 11.3 Å². The number of anilines is 1. The highest BCUT2D eigenvalue weighted by Gasteiger charge is 2.30. The first-order chi connectivity index (χ1) is 13.5. The highest BCUT2D eigenvalue weighted by molar-refractivity contribution is 7.93. The summed E-state index contributed by atoms with van der Waals surface area (Å²) in [5.74, 6) is -1.82. The SMILES string of the molecule is CC(=O)c1c(C)oc2ccc(N(C(C)=O)S(=O)(=O)c3ccc(C(=O)O)cc3)cc12. The van der Waals surface area contributed by atoms with Gasteiger partial charge in [-0.15, -0.1) is 0 Å². The largest absolute Gasteiger partial charge is 0.478 e. The Labute approximate surface area is 166 Å². The van der Waals surface area contributed by atoms with Crippen LogP contribution in [0.1, 0.15) is 40.3 Å². The lowest BCUT2D eigenvalue weighted by molar-refractivity contribution is -0.115. The van der Waals surface area contributed by atoms with Gasteiger partial charge in [0, 0.05) is 12.3 Å². The molecule has 0 aliphatic heterocycles. The maximum absolute atomic E-state index is 13.1. The first kappa shape index (κ1) is 20.3. The Balaban J connectivity index is 2.17. The Hall–Kier alpha value is -3.46. The predicted molar refractivity (Wildman–Crippen MR) is 105 cm³/mol. The van der Waals surface area contributed by atoms with Crippen LogP contribution in [0.5, 0.6) is 0 Å². The van der Waals surface area contributed by atoms with Crippen molar-refractivity contribution in [1.29, 1.82) is 0 Å². The van der Waals surface area contributed by atoms with Crippen LogP contribution in [0.2, 0.25) is 0 Å². The number of carbonyl (C=O) groups is 3. The monoisotopic (exact) mass is 415 g/mol. The number of sulfonamides is 1. The first-order valence-electron chi connectivity index (χ1n) is 8.47. The van der Waals surface area contributed by atoms with Crippen molar-refractivity contribution in [3.63, 3.8) is 0 Å². The maximum atomic E-state index is 13.1. The van der Waals surface area contributed by atoms with E-state index >= 15 is 0 Å². The number of Topliss-reactive ketones (excluding diaryl/α,β-unsaturated/α-hetero) is 1. The number of nitrogens with zero attached hydrogens (tertiary/aromatic N) is 1. The van der Waals surface area contributed by atoms with Crippen LogP contribution in [0.15, 0.2) is 51.8 Å². The summed E-state index contributed by atoms with van der Waals surface area (Å²) in [6.07, 6.45) is 0. The number of ketones is 1. The number of aryl methyl sites for hydroxylation is 1. The average molecular weight is 415 g/mol. The molecule has 0 bridgehead atoms. The van der Waals surface area contributed by atoms with E-state index in [0.29, 0.717) is 26.6 Å². The van der Waals surface area contributed by atoms with E-state index in [9.17, 15) is 22.8 Å². The summed E-state index contributed by atoms with van der Waals surface area (Å²) >= 11 is 0. The lowest BCUT2D eigenvalue weighted by atomic mass is 10.1. The average Bonchev–Trinajstić information content (AvgIpc) is 2.96. The molecular formula is C20H17NO7S. The number of rotatable bonds is 5. The molecule has 0 unspecified atom stereocenters. The van der Waals surface area contributed by atoms with E-state index in [2.05, 4.69) is 0 Å². The molecule has 3 rings (SSSR count). The van der Waals surface area contributed by atoms with Crippen molar-refractivity contribution in [2.24, 2.45) is 0 Å². The van der Waals surface area contributed by atoms with E-state index in [-0.39, 0.29) is 21.9 Å². The Morgan fingerprint density at radius 3 is 2.14 bits per heavy atom. The van der Waals surface area contributed by atoms with Gasteiger partial charge < -0.3 is 9.52 Å². The van der Waals surface area contributed by atoms with Crippen LogP contribution in [0.25, 0.3) is 11.0 Å². The van der Waals surface area contributed by atoms with Gasteiger partial charge in [-0.3, -0.25) is 9.59 Å². The molecule has 150 valence electrons. The predicted octanol–water partition coefficient (Wildman–Crippen LogP) is 3.38. The maximum Gasteiger partial charge on any atom is 0.335 e. The Morgan fingerprint density at radius 1 is 1.00 bits per heavy atom. The van der Waals surface area contributed by atoms with Crippen LogP contribution in [0, 0.1) is 6.92 Å². The van der Waals surface area contributed by atoms with Gasteiger partial charge >= 0.3 is 5.97 Å². The van der Waals surface area contributed by atoms with Gasteiger partial charge in [-0.1, -0.05) is 0 Å². The van der Waals surface area contributed by atoms with E-state index in [1.807, 2.05) is 0 Å². The van der Waals surface area contributed by atoms with E-state index in [1.54, 1.807) is 6.92 Å². The normalized spacial score (nSPS) is 11.4. The second-order valence-electron chi connectivity index (χ2n) is 6.39. The van der Waals surface area contributed by atoms with E-state index in [4.69, 9.17) is 9.52 Å². The summed E-state index contributed by atoms with van der Waals surface area (Å²) < 4.78 is 32.3. The standard InChI is InChI=1S/C20H17NO7S/c1-11(22)19-12(2)28-18-9-6-15(10-17(18)19)21(13(3)23)29(26,27)16-7-4-14(5-8-16)20(24)25/h4-10H,1-3H3,(H,24,25). The third-order valence-corrected chi connectivity index (χ3v) is 6.18. The van der Waals surface area contributed by atoms with Gasteiger partial charge in [-0.2, -0.15) is 0 Å². The van der Waals surface area contributed by atoms with E-state index in [0.717, 1.165) is 31.2 Å². The van der Waals surface area contributed by atoms with Crippen LogP contribution in [-0.2, 0) is 14.8 Å². The molecule has 8 nitrogen and oxygen atoms in total. The highest BCUT2D eigenvalue weighted by Crippen LogP contribution is 2.32. The molecule has 2 aromatic carbocycles. The van der Waals surface area contributed by atoms with Crippen molar-refractivity contribution in [3.05, 3.63) is 59.4 Å². The van der Waals surface area contributed by atoms with Crippen molar-refractivity contribution in [1.82, 2.24) is 0 Å². The van der Waals surface area contributed by atoms with Crippen LogP contribution < -0.4 is 4.31 Å². The van der Waals surface area contributed by atoms with Crippen LogP contribution in [0.4, 0.5) is 5.69 Å². The number of furan rings is 1. The summed E-state index contributed by atoms with van der Waals surface area (Å²) in [6.45, 7) is 4.09. The first-order valence-corrected chi connectivity index (χ1v) is 9.91. The molecule has 0 saturated heterocycles. The zero-order valence-electron chi connectivity index (χ0n) is 15.8. The summed E-state index contributed by atoms with van der Waals surface area (Å²) in [7, 11) is -4.32. The molecule has 0 aliphatic rings. The van der Waals surface area contributed by atoms with Gasteiger partial charge in [0.05, 0.1) is 21.7 Å². The molecular weight excluding hydrogens is 398 g/mol. The minimum absolute atomic E-state index is 0.0376. The van der Waals surface area contributed by atoms with Gasteiger partial charge in [-0.05, 0) is 56.3 Å². The number of carbonyl (C=O) groups excluding carboxylic acids is 2. The molecule has 0 spiro atoms. The fraction of sp³-hybridized carbons (Fsp3) is 0.150. The van der Waals surface area contributed by atoms with Gasteiger partial charge in [0.25, 0.3) is 10.0 Å². The van der Waals surface area contributed by atoms with Crippen LogP contribution in [0.3, 0.4) is 0 Å². The minimum atomic E-state index is -4.32. The molecule has 1 amide bonds. The molecule has 0 fully saturated rings. The molecule has 0 saturated carbocycles. The number of aromatic carboxylic acids is 1. The Morgan fingerprint density at radius 2 is 1.62 bits per heavy atom. The van der Waals surface area contributed by atoms with Crippen molar-refractivity contribution < 1.29 is 32.3 Å². The topological polar surface area (TPSA) is 122 Å². The molecule has 0 atom stereocenters. The second kappa shape index (κ2) is 7.17. The number of benzene rings is 2.